The van der Waals surface area contributed by atoms with E-state index in [4.69, 9.17) is 0 Å². The third-order valence-corrected chi connectivity index (χ3v) is 3.34. The van der Waals surface area contributed by atoms with Crippen molar-refractivity contribution in [1.82, 2.24) is 4.98 Å². The fraction of sp³-hybridized carbons (Fsp3) is 0.538. The normalized spacial score (nSPS) is 19.0. The van der Waals surface area contributed by atoms with Crippen LogP contribution < -0.4 is 0 Å². The van der Waals surface area contributed by atoms with Gasteiger partial charge < -0.3 is 4.79 Å². The van der Waals surface area contributed by atoms with E-state index in [0.29, 0.717) is 0 Å². The Balaban J connectivity index is 2.16. The van der Waals surface area contributed by atoms with E-state index in [9.17, 15) is 4.79 Å². The molecule has 2 rings (SSSR count). The Morgan fingerprint density at radius 2 is 2.13 bits per heavy atom. The van der Waals surface area contributed by atoms with Gasteiger partial charge in [0.15, 0.2) is 0 Å². The van der Waals surface area contributed by atoms with Gasteiger partial charge in [-0.25, -0.2) is 0 Å². The highest BCUT2D eigenvalue weighted by Gasteiger charge is 2.33. The number of rotatable bonds is 3. The molecule has 0 N–H and O–H groups in total. The largest absolute Gasteiger partial charge is 0.303 e. The van der Waals surface area contributed by atoms with Crippen molar-refractivity contribution in [3.05, 3.63) is 29.6 Å². The summed E-state index contributed by atoms with van der Waals surface area (Å²) in [6, 6.07) is 2.14. The van der Waals surface area contributed by atoms with E-state index in [2.05, 4.69) is 11.1 Å². The summed E-state index contributed by atoms with van der Waals surface area (Å²) in [6.07, 6.45) is 10.3. The summed E-state index contributed by atoms with van der Waals surface area (Å²) >= 11 is 0. The van der Waals surface area contributed by atoms with Gasteiger partial charge in [0.05, 0.1) is 0 Å². The molecule has 2 nitrogen and oxygen atoms in total. The van der Waals surface area contributed by atoms with Crippen molar-refractivity contribution >= 4 is 6.29 Å². The highest BCUT2D eigenvalue weighted by molar-refractivity contribution is 5.60. The van der Waals surface area contributed by atoms with Gasteiger partial charge in [0.25, 0.3) is 0 Å². The first-order chi connectivity index (χ1) is 7.24. The Morgan fingerprint density at radius 1 is 1.40 bits per heavy atom. The maximum absolute atomic E-state index is 11.2. The van der Waals surface area contributed by atoms with Gasteiger partial charge in [0.1, 0.15) is 6.29 Å². The SMILES string of the molecule is Cc1cncc(CC2(C=O)CCCC2)c1. The maximum atomic E-state index is 11.2. The first-order valence-corrected chi connectivity index (χ1v) is 5.61. The van der Waals surface area contributed by atoms with Gasteiger partial charge in [-0.2, -0.15) is 0 Å². The third-order valence-electron chi connectivity index (χ3n) is 3.34. The predicted molar refractivity (Wildman–Crippen MR) is 59.6 cm³/mol. The monoisotopic (exact) mass is 203 g/mol. The Morgan fingerprint density at radius 3 is 2.73 bits per heavy atom. The van der Waals surface area contributed by atoms with Crippen LogP contribution >= 0.6 is 0 Å². The number of aromatic nitrogens is 1. The van der Waals surface area contributed by atoms with Crippen LogP contribution in [0.5, 0.6) is 0 Å². The Hall–Kier alpha value is -1.18. The number of pyridine rings is 1. The molecule has 0 bridgehead atoms. The van der Waals surface area contributed by atoms with Crippen LogP contribution in [0.4, 0.5) is 0 Å². The maximum Gasteiger partial charge on any atom is 0.126 e. The molecule has 1 heterocycles. The number of hydrogen-bond acceptors (Lipinski definition) is 2. The van der Waals surface area contributed by atoms with E-state index < -0.39 is 0 Å². The molecule has 15 heavy (non-hydrogen) atoms. The molecule has 80 valence electrons. The van der Waals surface area contributed by atoms with Gasteiger partial charge in [-0.15, -0.1) is 0 Å². The number of carbonyl (C=O) groups excluding carboxylic acids is 1. The summed E-state index contributed by atoms with van der Waals surface area (Å²) in [6.45, 7) is 2.04. The van der Waals surface area contributed by atoms with E-state index >= 15 is 0 Å². The average Bonchev–Trinajstić information content (AvgIpc) is 2.67. The molecule has 0 aromatic carbocycles. The molecule has 1 aliphatic carbocycles. The van der Waals surface area contributed by atoms with Gasteiger partial charge in [0.2, 0.25) is 0 Å². The quantitative estimate of drug-likeness (QED) is 0.707. The number of hydrogen-bond donors (Lipinski definition) is 0. The molecule has 1 aromatic heterocycles. The summed E-state index contributed by atoms with van der Waals surface area (Å²) in [4.78, 5) is 15.4. The molecule has 0 spiro atoms. The van der Waals surface area contributed by atoms with Gasteiger partial charge >= 0.3 is 0 Å². The zero-order valence-corrected chi connectivity index (χ0v) is 9.20. The molecule has 1 saturated carbocycles. The van der Waals surface area contributed by atoms with E-state index in [1.165, 1.54) is 30.3 Å². The number of carbonyl (C=O) groups is 1. The highest BCUT2D eigenvalue weighted by atomic mass is 16.1. The van der Waals surface area contributed by atoms with Gasteiger partial charge in [0, 0.05) is 17.8 Å². The molecule has 0 unspecified atom stereocenters. The molecule has 2 heteroatoms. The topological polar surface area (TPSA) is 30.0 Å². The summed E-state index contributed by atoms with van der Waals surface area (Å²) in [7, 11) is 0. The number of aldehydes is 1. The smallest absolute Gasteiger partial charge is 0.126 e. The van der Waals surface area contributed by atoms with Crippen LogP contribution in [0.1, 0.15) is 36.8 Å². The fourth-order valence-corrected chi connectivity index (χ4v) is 2.54. The second-order valence-electron chi connectivity index (χ2n) is 4.73. The average molecular weight is 203 g/mol. The van der Waals surface area contributed by atoms with Gasteiger partial charge in [-0.1, -0.05) is 18.9 Å². The molecular formula is C13H17NO. The standard InChI is InChI=1S/C13H17NO/c1-11-6-12(9-14-8-11)7-13(10-15)4-2-3-5-13/h6,8-10H,2-5,7H2,1H3. The molecule has 0 atom stereocenters. The molecule has 1 aliphatic rings. The van der Waals surface area contributed by atoms with Crippen LogP contribution in [0, 0.1) is 12.3 Å². The molecule has 0 amide bonds. The lowest BCUT2D eigenvalue weighted by Crippen LogP contribution is -2.21. The number of nitrogens with zero attached hydrogens (tertiary/aromatic N) is 1. The van der Waals surface area contributed by atoms with E-state index in [1.54, 1.807) is 0 Å². The van der Waals surface area contributed by atoms with E-state index in [1.807, 2.05) is 19.3 Å². The minimum absolute atomic E-state index is 0.0878. The minimum Gasteiger partial charge on any atom is -0.303 e. The van der Waals surface area contributed by atoms with Crippen LogP contribution in [-0.2, 0) is 11.2 Å². The van der Waals surface area contributed by atoms with Crippen molar-refractivity contribution in [3.8, 4) is 0 Å². The molecule has 0 aliphatic heterocycles. The van der Waals surface area contributed by atoms with Crippen molar-refractivity contribution in [2.24, 2.45) is 5.41 Å². The van der Waals surface area contributed by atoms with Crippen LogP contribution in [0.2, 0.25) is 0 Å². The summed E-state index contributed by atoms with van der Waals surface area (Å²) in [5.74, 6) is 0. The van der Waals surface area contributed by atoms with E-state index in [0.717, 1.165) is 19.3 Å². The molecule has 0 radical (unpaired) electrons. The molecule has 1 fully saturated rings. The first-order valence-electron chi connectivity index (χ1n) is 5.61. The fourth-order valence-electron chi connectivity index (χ4n) is 2.54. The predicted octanol–water partition coefficient (Wildman–Crippen LogP) is 2.69. The summed E-state index contributed by atoms with van der Waals surface area (Å²) in [5.41, 5.74) is 2.28. The summed E-state index contributed by atoms with van der Waals surface area (Å²) < 4.78 is 0. The van der Waals surface area contributed by atoms with Crippen LogP contribution in [0.25, 0.3) is 0 Å². The second kappa shape index (κ2) is 4.13. The lowest BCUT2D eigenvalue weighted by atomic mass is 9.82. The number of aryl methyl sites for hydroxylation is 1. The van der Waals surface area contributed by atoms with Crippen LogP contribution in [-0.4, -0.2) is 11.3 Å². The molecular weight excluding hydrogens is 186 g/mol. The van der Waals surface area contributed by atoms with Crippen molar-refractivity contribution in [3.63, 3.8) is 0 Å². The molecule has 1 aromatic rings. The zero-order chi connectivity index (χ0) is 10.7. The zero-order valence-electron chi connectivity index (χ0n) is 9.20. The summed E-state index contributed by atoms with van der Waals surface area (Å²) in [5, 5.41) is 0. The van der Waals surface area contributed by atoms with Crippen molar-refractivity contribution in [2.45, 2.75) is 39.0 Å². The second-order valence-corrected chi connectivity index (χ2v) is 4.73. The van der Waals surface area contributed by atoms with Gasteiger partial charge in [-0.3, -0.25) is 4.98 Å². The first kappa shape index (κ1) is 10.3. The van der Waals surface area contributed by atoms with Crippen molar-refractivity contribution in [2.75, 3.05) is 0 Å². The van der Waals surface area contributed by atoms with Crippen molar-refractivity contribution < 1.29 is 4.79 Å². The molecule has 0 saturated heterocycles. The Bertz CT molecular complexity index is 353. The van der Waals surface area contributed by atoms with Gasteiger partial charge in [-0.05, 0) is 37.3 Å². The van der Waals surface area contributed by atoms with Crippen LogP contribution in [0.3, 0.4) is 0 Å². The van der Waals surface area contributed by atoms with Crippen molar-refractivity contribution in [1.29, 1.82) is 0 Å². The third kappa shape index (κ3) is 2.25. The Labute approximate surface area is 90.7 Å². The Kier molecular flexibility index (Phi) is 2.85. The lowest BCUT2D eigenvalue weighted by Gasteiger charge is -2.21. The lowest BCUT2D eigenvalue weighted by molar-refractivity contribution is -0.115. The van der Waals surface area contributed by atoms with Crippen LogP contribution in [0.15, 0.2) is 18.5 Å². The minimum atomic E-state index is -0.0878. The van der Waals surface area contributed by atoms with E-state index in [-0.39, 0.29) is 5.41 Å². The highest BCUT2D eigenvalue weighted by Crippen LogP contribution is 2.38.